The third-order valence-corrected chi connectivity index (χ3v) is 6.05. The third kappa shape index (κ3) is 6.99. The van der Waals surface area contributed by atoms with Crippen molar-refractivity contribution in [3.05, 3.63) is 54.9 Å². The summed E-state index contributed by atoms with van der Waals surface area (Å²) in [5, 5.41) is 7.41. The molecule has 0 unspecified atom stereocenters. The van der Waals surface area contributed by atoms with Gasteiger partial charge in [0, 0.05) is 27.9 Å². The fourth-order valence-electron chi connectivity index (χ4n) is 3.09. The molecule has 1 aromatic heterocycles. The SMILES string of the molecule is COc1c(I)cc(I)cc1/C=N\Nc1nc(Nc2ccc(F)cc2)nc(N2CCOCC2)n1.Cl. The highest BCUT2D eigenvalue weighted by Crippen LogP contribution is 2.27. The Hall–Kier alpha value is -2.04. The molecule has 0 radical (unpaired) electrons. The average molecular weight is 712 g/mol. The molecule has 2 aromatic carbocycles. The fraction of sp³-hybridized carbons (Fsp3) is 0.238. The minimum atomic E-state index is -0.317. The van der Waals surface area contributed by atoms with Crippen molar-refractivity contribution in [3.8, 4) is 5.75 Å². The summed E-state index contributed by atoms with van der Waals surface area (Å²) in [7, 11) is 1.63. The van der Waals surface area contributed by atoms with Crippen LogP contribution in [0.1, 0.15) is 5.56 Å². The average Bonchev–Trinajstić information content (AvgIpc) is 2.81. The molecule has 0 atom stereocenters. The van der Waals surface area contributed by atoms with E-state index in [9.17, 15) is 4.39 Å². The van der Waals surface area contributed by atoms with Crippen LogP contribution in [0, 0.1) is 13.0 Å². The Morgan fingerprint density at radius 3 is 2.50 bits per heavy atom. The molecule has 0 bridgehead atoms. The number of methoxy groups -OCH3 is 1. The van der Waals surface area contributed by atoms with Gasteiger partial charge in [-0.1, -0.05) is 0 Å². The van der Waals surface area contributed by atoms with Crippen molar-refractivity contribution in [2.24, 2.45) is 5.10 Å². The van der Waals surface area contributed by atoms with Gasteiger partial charge in [0.15, 0.2) is 0 Å². The number of halogens is 4. The molecular formula is C21H21ClFI2N7O2. The van der Waals surface area contributed by atoms with Crippen LogP contribution in [-0.4, -0.2) is 54.6 Å². The number of anilines is 4. The Balaban J connectivity index is 0.00000324. The van der Waals surface area contributed by atoms with E-state index in [0.717, 1.165) is 18.5 Å². The highest BCUT2D eigenvalue weighted by molar-refractivity contribution is 14.1. The molecule has 3 aromatic rings. The molecule has 0 saturated carbocycles. The lowest BCUT2D eigenvalue weighted by Crippen LogP contribution is -2.37. The second-order valence-electron chi connectivity index (χ2n) is 6.89. The van der Waals surface area contributed by atoms with Crippen LogP contribution in [0.4, 0.5) is 27.9 Å². The molecule has 2 heterocycles. The lowest BCUT2D eigenvalue weighted by atomic mass is 10.2. The number of hydrogen-bond acceptors (Lipinski definition) is 9. The van der Waals surface area contributed by atoms with Crippen molar-refractivity contribution in [1.29, 1.82) is 0 Å². The molecule has 1 aliphatic heterocycles. The molecule has 4 rings (SSSR count). The van der Waals surface area contributed by atoms with Gasteiger partial charge in [0.1, 0.15) is 11.6 Å². The Labute approximate surface area is 229 Å². The quantitative estimate of drug-likeness (QED) is 0.208. The molecule has 13 heteroatoms. The first-order valence-corrected chi connectivity index (χ1v) is 12.1. The van der Waals surface area contributed by atoms with E-state index >= 15 is 0 Å². The number of morpholine rings is 1. The van der Waals surface area contributed by atoms with Gasteiger partial charge in [0.05, 0.1) is 30.1 Å². The Morgan fingerprint density at radius 2 is 1.79 bits per heavy atom. The molecule has 34 heavy (non-hydrogen) atoms. The van der Waals surface area contributed by atoms with Gasteiger partial charge < -0.3 is 19.7 Å². The van der Waals surface area contributed by atoms with Gasteiger partial charge in [0.25, 0.3) is 0 Å². The maximum Gasteiger partial charge on any atom is 0.250 e. The van der Waals surface area contributed by atoms with Gasteiger partial charge in [-0.15, -0.1) is 12.4 Å². The van der Waals surface area contributed by atoms with Crippen molar-refractivity contribution < 1.29 is 13.9 Å². The Bertz CT molecular complexity index is 1150. The number of aromatic nitrogens is 3. The van der Waals surface area contributed by atoms with E-state index in [1.54, 1.807) is 25.5 Å². The zero-order valence-corrected chi connectivity index (χ0v) is 23.1. The Morgan fingerprint density at radius 1 is 1.09 bits per heavy atom. The van der Waals surface area contributed by atoms with Crippen LogP contribution in [0.3, 0.4) is 0 Å². The smallest absolute Gasteiger partial charge is 0.250 e. The van der Waals surface area contributed by atoms with E-state index in [0.29, 0.717) is 43.9 Å². The number of rotatable bonds is 7. The Kier molecular flexibility index (Phi) is 9.85. The van der Waals surface area contributed by atoms with Gasteiger partial charge in [-0.25, -0.2) is 9.82 Å². The van der Waals surface area contributed by atoms with Crippen molar-refractivity contribution >= 4 is 87.3 Å². The highest BCUT2D eigenvalue weighted by atomic mass is 127. The summed E-state index contributed by atoms with van der Waals surface area (Å²) < 4.78 is 26.2. The molecule has 1 fully saturated rings. The van der Waals surface area contributed by atoms with Gasteiger partial charge in [-0.05, 0) is 81.6 Å². The van der Waals surface area contributed by atoms with Crippen molar-refractivity contribution in [2.45, 2.75) is 0 Å². The maximum atomic E-state index is 13.3. The van der Waals surface area contributed by atoms with Crippen molar-refractivity contribution in [1.82, 2.24) is 15.0 Å². The first kappa shape index (κ1) is 26.6. The molecule has 9 nitrogen and oxygen atoms in total. The maximum absolute atomic E-state index is 13.3. The van der Waals surface area contributed by atoms with E-state index < -0.39 is 0 Å². The van der Waals surface area contributed by atoms with E-state index in [1.165, 1.54) is 12.1 Å². The topological polar surface area (TPSA) is 96.8 Å². The zero-order valence-electron chi connectivity index (χ0n) is 18.0. The lowest BCUT2D eigenvalue weighted by molar-refractivity contribution is 0.122. The number of hydrazone groups is 1. The summed E-state index contributed by atoms with van der Waals surface area (Å²) in [6.07, 6.45) is 1.66. The normalized spacial score (nSPS) is 13.5. The van der Waals surface area contributed by atoms with E-state index in [-0.39, 0.29) is 24.2 Å². The first-order valence-electron chi connectivity index (χ1n) is 9.95. The third-order valence-electron chi connectivity index (χ3n) is 4.63. The van der Waals surface area contributed by atoms with Crippen LogP contribution >= 0.6 is 57.6 Å². The monoisotopic (exact) mass is 711 g/mol. The van der Waals surface area contributed by atoms with Crippen molar-refractivity contribution in [3.63, 3.8) is 0 Å². The van der Waals surface area contributed by atoms with Crippen LogP contribution in [0.15, 0.2) is 41.5 Å². The molecule has 1 saturated heterocycles. The standard InChI is InChI=1S/C21H20FI2N7O2.ClH/c1-32-18-13(10-15(23)11-17(18)24)12-25-30-20-27-19(26-16-4-2-14(22)3-5-16)28-21(29-20)31-6-8-33-9-7-31;/h2-5,10-12H,6-9H2,1H3,(H2,26,27,28,29,30);1H/b25-12-;. The second kappa shape index (κ2) is 12.6. The number of benzene rings is 2. The van der Waals surface area contributed by atoms with Gasteiger partial charge in [-0.2, -0.15) is 20.1 Å². The van der Waals surface area contributed by atoms with E-state index in [2.05, 4.69) is 76.0 Å². The van der Waals surface area contributed by atoms with Crippen molar-refractivity contribution in [2.75, 3.05) is 49.1 Å². The van der Waals surface area contributed by atoms with Crippen LogP contribution in [-0.2, 0) is 4.74 Å². The minimum Gasteiger partial charge on any atom is -0.495 e. The minimum absolute atomic E-state index is 0. The van der Waals surface area contributed by atoms with Gasteiger partial charge in [-0.3, -0.25) is 0 Å². The number of ether oxygens (including phenoxy) is 2. The molecule has 2 N–H and O–H groups in total. The van der Waals surface area contributed by atoms with Crippen LogP contribution in [0.25, 0.3) is 0 Å². The highest BCUT2D eigenvalue weighted by Gasteiger charge is 2.17. The molecular weight excluding hydrogens is 691 g/mol. The molecule has 0 aliphatic carbocycles. The summed E-state index contributed by atoms with van der Waals surface area (Å²) in [5.74, 6) is 1.51. The van der Waals surface area contributed by atoms with E-state index in [1.807, 2.05) is 17.0 Å². The van der Waals surface area contributed by atoms with Crippen LogP contribution < -0.4 is 20.4 Å². The predicted octanol–water partition coefficient (Wildman–Crippen LogP) is 4.68. The zero-order chi connectivity index (χ0) is 23.2. The predicted molar refractivity (Wildman–Crippen MR) is 149 cm³/mol. The number of hydrogen-bond donors (Lipinski definition) is 2. The molecule has 0 spiro atoms. The fourth-order valence-corrected chi connectivity index (χ4v) is 5.20. The summed E-state index contributed by atoms with van der Waals surface area (Å²) in [6.45, 7) is 2.53. The summed E-state index contributed by atoms with van der Waals surface area (Å²) in [6, 6.07) is 9.96. The molecule has 180 valence electrons. The molecule has 1 aliphatic rings. The number of nitrogens with zero attached hydrogens (tertiary/aromatic N) is 5. The van der Waals surface area contributed by atoms with Crippen LogP contribution in [0.5, 0.6) is 5.75 Å². The summed E-state index contributed by atoms with van der Waals surface area (Å²) >= 11 is 4.48. The number of nitrogens with one attached hydrogen (secondary N) is 2. The van der Waals surface area contributed by atoms with E-state index in [4.69, 9.17) is 9.47 Å². The first-order chi connectivity index (χ1) is 16.0. The summed E-state index contributed by atoms with van der Waals surface area (Å²) in [5.41, 5.74) is 4.37. The molecule has 0 amide bonds. The van der Waals surface area contributed by atoms with Gasteiger partial charge >= 0.3 is 0 Å². The second-order valence-corrected chi connectivity index (χ2v) is 9.30. The largest absolute Gasteiger partial charge is 0.495 e. The van der Waals surface area contributed by atoms with Gasteiger partial charge in [0.2, 0.25) is 17.8 Å². The summed E-state index contributed by atoms with van der Waals surface area (Å²) in [4.78, 5) is 15.5. The lowest BCUT2D eigenvalue weighted by Gasteiger charge is -2.27. The van der Waals surface area contributed by atoms with Crippen LogP contribution in [0.2, 0.25) is 0 Å².